The molecule has 1 aromatic heterocycles. The molecule has 1 heterocycles. The highest BCUT2D eigenvalue weighted by Crippen LogP contribution is 2.26. The van der Waals surface area contributed by atoms with Crippen LogP contribution in [0.4, 0.5) is 0 Å². The van der Waals surface area contributed by atoms with Gasteiger partial charge in [-0.15, -0.1) is 11.3 Å². The van der Waals surface area contributed by atoms with E-state index in [0.717, 1.165) is 37.2 Å². The standard InChI is InChI=1S/C14H26N2O2S2/c1-5-7-12(3)16(4)20(17,18)14-9-8-13(19-14)10-11-15-6-2/h8-9,12,15H,5-7,10-11H2,1-4H3. The lowest BCUT2D eigenvalue weighted by Crippen LogP contribution is -2.34. The fourth-order valence-electron chi connectivity index (χ4n) is 2.00. The first-order valence-electron chi connectivity index (χ1n) is 7.20. The Balaban J connectivity index is 2.77. The molecule has 4 nitrogen and oxygen atoms in total. The Kier molecular flexibility index (Phi) is 7.15. The van der Waals surface area contributed by atoms with Gasteiger partial charge in [-0.3, -0.25) is 0 Å². The molecule has 0 radical (unpaired) electrons. The average Bonchev–Trinajstić information content (AvgIpc) is 2.88. The van der Waals surface area contributed by atoms with Crippen molar-refractivity contribution in [2.24, 2.45) is 0 Å². The van der Waals surface area contributed by atoms with Gasteiger partial charge in [-0.1, -0.05) is 20.3 Å². The summed E-state index contributed by atoms with van der Waals surface area (Å²) in [6.07, 6.45) is 2.75. The maximum atomic E-state index is 12.5. The number of rotatable bonds is 9. The summed E-state index contributed by atoms with van der Waals surface area (Å²) in [5.41, 5.74) is 0. The normalized spacial score (nSPS) is 13.8. The number of hydrogen-bond acceptors (Lipinski definition) is 4. The second-order valence-electron chi connectivity index (χ2n) is 4.98. The Labute approximate surface area is 127 Å². The average molecular weight is 319 g/mol. The van der Waals surface area contributed by atoms with Gasteiger partial charge >= 0.3 is 0 Å². The van der Waals surface area contributed by atoms with Crippen molar-refractivity contribution >= 4 is 21.4 Å². The number of thiophene rings is 1. The molecule has 0 spiro atoms. The van der Waals surface area contributed by atoms with Crippen molar-refractivity contribution in [1.82, 2.24) is 9.62 Å². The molecular weight excluding hydrogens is 292 g/mol. The highest BCUT2D eigenvalue weighted by Gasteiger charge is 2.26. The number of likely N-dealkylation sites (N-methyl/N-ethyl adjacent to an activating group) is 1. The largest absolute Gasteiger partial charge is 0.317 e. The lowest BCUT2D eigenvalue weighted by atomic mass is 10.2. The van der Waals surface area contributed by atoms with Crippen molar-refractivity contribution < 1.29 is 8.42 Å². The molecule has 0 aromatic carbocycles. The molecule has 1 aromatic rings. The zero-order valence-corrected chi connectivity index (χ0v) is 14.5. The maximum absolute atomic E-state index is 12.5. The van der Waals surface area contributed by atoms with Crippen LogP contribution in [0.2, 0.25) is 0 Å². The van der Waals surface area contributed by atoms with E-state index in [4.69, 9.17) is 0 Å². The zero-order chi connectivity index (χ0) is 15.2. The van der Waals surface area contributed by atoms with Crippen LogP contribution < -0.4 is 5.32 Å². The van der Waals surface area contributed by atoms with Gasteiger partial charge in [0.25, 0.3) is 10.0 Å². The van der Waals surface area contributed by atoms with Crippen LogP contribution in [0, 0.1) is 0 Å². The van der Waals surface area contributed by atoms with Crippen LogP contribution in [0.15, 0.2) is 16.3 Å². The van der Waals surface area contributed by atoms with Crippen molar-refractivity contribution in [2.75, 3.05) is 20.1 Å². The van der Waals surface area contributed by atoms with Crippen molar-refractivity contribution in [2.45, 2.75) is 50.3 Å². The second kappa shape index (κ2) is 8.12. The fraction of sp³-hybridized carbons (Fsp3) is 0.714. The molecule has 0 saturated carbocycles. The van der Waals surface area contributed by atoms with Crippen molar-refractivity contribution in [3.8, 4) is 0 Å². The molecule has 6 heteroatoms. The lowest BCUT2D eigenvalue weighted by Gasteiger charge is -2.23. The molecule has 0 fully saturated rings. The first-order chi connectivity index (χ1) is 9.43. The quantitative estimate of drug-likeness (QED) is 0.712. The summed E-state index contributed by atoms with van der Waals surface area (Å²) in [5.74, 6) is 0. The molecule has 1 N–H and O–H groups in total. The minimum absolute atomic E-state index is 0.0392. The predicted molar refractivity (Wildman–Crippen MR) is 85.9 cm³/mol. The first kappa shape index (κ1) is 17.6. The lowest BCUT2D eigenvalue weighted by molar-refractivity contribution is 0.369. The Morgan fingerprint density at radius 2 is 2.05 bits per heavy atom. The van der Waals surface area contributed by atoms with E-state index < -0.39 is 10.0 Å². The van der Waals surface area contributed by atoms with Gasteiger partial charge in [0.2, 0.25) is 0 Å². The maximum Gasteiger partial charge on any atom is 0.252 e. The molecule has 116 valence electrons. The van der Waals surface area contributed by atoms with E-state index in [-0.39, 0.29) is 6.04 Å². The Hall–Kier alpha value is -0.430. The third kappa shape index (κ3) is 4.55. The molecule has 0 aliphatic carbocycles. The number of nitrogens with one attached hydrogen (secondary N) is 1. The van der Waals surface area contributed by atoms with Gasteiger partial charge in [0, 0.05) is 18.0 Å². The molecule has 0 aliphatic rings. The van der Waals surface area contributed by atoms with Crippen LogP contribution in [0.5, 0.6) is 0 Å². The summed E-state index contributed by atoms with van der Waals surface area (Å²) in [7, 11) is -1.66. The van der Waals surface area contributed by atoms with E-state index in [2.05, 4.69) is 19.2 Å². The number of hydrogen-bond donors (Lipinski definition) is 1. The van der Waals surface area contributed by atoms with Gasteiger partial charge in [0.05, 0.1) is 0 Å². The van der Waals surface area contributed by atoms with E-state index in [1.807, 2.05) is 13.0 Å². The Morgan fingerprint density at radius 1 is 1.35 bits per heavy atom. The fourth-order valence-corrected chi connectivity index (χ4v) is 4.93. The summed E-state index contributed by atoms with van der Waals surface area (Å²) in [5, 5.41) is 3.25. The third-order valence-corrected chi connectivity index (χ3v) is 6.98. The van der Waals surface area contributed by atoms with Crippen molar-refractivity contribution in [3.63, 3.8) is 0 Å². The topological polar surface area (TPSA) is 49.4 Å². The smallest absolute Gasteiger partial charge is 0.252 e. The SMILES string of the molecule is CCCC(C)N(C)S(=O)(=O)c1ccc(CCNCC)s1. The second-order valence-corrected chi connectivity index (χ2v) is 8.38. The van der Waals surface area contributed by atoms with Crippen LogP contribution in [-0.4, -0.2) is 38.9 Å². The van der Waals surface area contributed by atoms with E-state index in [1.165, 1.54) is 15.6 Å². The van der Waals surface area contributed by atoms with Crippen LogP contribution >= 0.6 is 11.3 Å². The molecule has 0 bridgehead atoms. The molecule has 1 unspecified atom stereocenters. The van der Waals surface area contributed by atoms with Gasteiger partial charge in [-0.05, 0) is 45.0 Å². The van der Waals surface area contributed by atoms with Gasteiger partial charge in [0.15, 0.2) is 0 Å². The summed E-state index contributed by atoms with van der Waals surface area (Å²) < 4.78 is 27.0. The van der Waals surface area contributed by atoms with Crippen molar-refractivity contribution in [1.29, 1.82) is 0 Å². The van der Waals surface area contributed by atoms with Crippen LogP contribution in [0.25, 0.3) is 0 Å². The molecule has 0 amide bonds. The Morgan fingerprint density at radius 3 is 2.65 bits per heavy atom. The zero-order valence-electron chi connectivity index (χ0n) is 12.8. The number of nitrogens with zero attached hydrogens (tertiary/aromatic N) is 1. The highest BCUT2D eigenvalue weighted by molar-refractivity contribution is 7.91. The highest BCUT2D eigenvalue weighted by atomic mass is 32.2. The Bertz CT molecular complexity index is 497. The first-order valence-corrected chi connectivity index (χ1v) is 9.46. The van der Waals surface area contributed by atoms with E-state index in [0.29, 0.717) is 4.21 Å². The minimum atomic E-state index is -3.34. The molecule has 0 saturated heterocycles. The summed E-state index contributed by atoms with van der Waals surface area (Å²) in [6.45, 7) is 7.92. The van der Waals surface area contributed by atoms with Gasteiger partial charge in [-0.2, -0.15) is 4.31 Å². The molecule has 0 aliphatic heterocycles. The van der Waals surface area contributed by atoms with Crippen LogP contribution in [0.3, 0.4) is 0 Å². The van der Waals surface area contributed by atoms with Crippen molar-refractivity contribution in [3.05, 3.63) is 17.0 Å². The number of sulfonamides is 1. The predicted octanol–water partition coefficient (Wildman–Crippen LogP) is 2.71. The van der Waals surface area contributed by atoms with Crippen LogP contribution in [-0.2, 0) is 16.4 Å². The van der Waals surface area contributed by atoms with E-state index in [1.54, 1.807) is 13.1 Å². The molecule has 1 atom stereocenters. The monoisotopic (exact) mass is 318 g/mol. The third-order valence-electron chi connectivity index (χ3n) is 3.40. The van der Waals surface area contributed by atoms with Crippen LogP contribution in [0.1, 0.15) is 38.5 Å². The van der Waals surface area contributed by atoms with Gasteiger partial charge in [0.1, 0.15) is 4.21 Å². The van der Waals surface area contributed by atoms with E-state index >= 15 is 0 Å². The molecule has 20 heavy (non-hydrogen) atoms. The summed E-state index contributed by atoms with van der Waals surface area (Å²) >= 11 is 1.38. The molecular formula is C14H26N2O2S2. The van der Waals surface area contributed by atoms with E-state index in [9.17, 15) is 8.42 Å². The van der Waals surface area contributed by atoms with Gasteiger partial charge < -0.3 is 5.32 Å². The summed E-state index contributed by atoms with van der Waals surface area (Å²) in [6, 6.07) is 3.70. The van der Waals surface area contributed by atoms with Gasteiger partial charge in [-0.25, -0.2) is 8.42 Å². The molecule has 1 rings (SSSR count). The summed E-state index contributed by atoms with van der Waals surface area (Å²) in [4.78, 5) is 1.11. The minimum Gasteiger partial charge on any atom is -0.317 e.